The van der Waals surface area contributed by atoms with E-state index in [1.54, 1.807) is 11.3 Å². The highest BCUT2D eigenvalue weighted by atomic mass is 32.1. The van der Waals surface area contributed by atoms with Crippen LogP contribution in [0.15, 0.2) is 137 Å². The molecule has 9 rings (SSSR count). The number of hydrogen-bond acceptors (Lipinski definition) is 2. The quantitative estimate of drug-likeness (QED) is 0.204. The van der Waals surface area contributed by atoms with E-state index in [4.69, 9.17) is 4.42 Å². The number of benzene rings is 7. The molecule has 1 nitrogen and oxygen atoms in total. The number of hydrogen-bond donors (Lipinski definition) is 0. The first-order valence-corrected chi connectivity index (χ1v) is 14.5. The molecule has 2 aromatic heterocycles. The fourth-order valence-corrected chi connectivity index (χ4v) is 7.63. The summed E-state index contributed by atoms with van der Waals surface area (Å²) in [5.74, 6) is 0. The summed E-state index contributed by atoms with van der Waals surface area (Å²) in [7, 11) is 0. The van der Waals surface area contributed by atoms with Crippen LogP contribution < -0.4 is 0 Å². The average molecular weight is 527 g/mol. The topological polar surface area (TPSA) is 13.1 Å². The van der Waals surface area contributed by atoms with Gasteiger partial charge in [0.15, 0.2) is 0 Å². The first kappa shape index (κ1) is 22.0. The second-order valence-corrected chi connectivity index (χ2v) is 11.3. The Bertz CT molecular complexity index is 2380. The van der Waals surface area contributed by atoms with Crippen molar-refractivity contribution in [3.05, 3.63) is 133 Å². The molecule has 0 amide bonds. The zero-order valence-corrected chi connectivity index (χ0v) is 22.3. The molecule has 0 radical (unpaired) electrons. The Morgan fingerprint density at radius 3 is 1.73 bits per heavy atom. The van der Waals surface area contributed by atoms with Gasteiger partial charge >= 0.3 is 0 Å². The van der Waals surface area contributed by atoms with Crippen LogP contribution >= 0.6 is 11.3 Å². The van der Waals surface area contributed by atoms with E-state index in [0.29, 0.717) is 0 Å². The molecule has 0 saturated carbocycles. The molecule has 0 spiro atoms. The number of rotatable bonds is 2. The molecule has 0 unspecified atom stereocenters. The van der Waals surface area contributed by atoms with Crippen LogP contribution in [0, 0.1) is 0 Å². The Morgan fingerprint density at radius 2 is 0.975 bits per heavy atom. The monoisotopic (exact) mass is 526 g/mol. The molecule has 0 aliphatic heterocycles. The lowest BCUT2D eigenvalue weighted by Crippen LogP contribution is -1.92. The minimum Gasteiger partial charge on any atom is -0.456 e. The van der Waals surface area contributed by atoms with Crippen molar-refractivity contribution in [3.8, 4) is 22.3 Å². The van der Waals surface area contributed by atoms with Crippen LogP contribution in [0.3, 0.4) is 0 Å². The van der Waals surface area contributed by atoms with Gasteiger partial charge in [-0.15, -0.1) is 11.3 Å². The molecule has 0 N–H and O–H groups in total. The highest BCUT2D eigenvalue weighted by Gasteiger charge is 2.21. The van der Waals surface area contributed by atoms with Gasteiger partial charge in [0, 0.05) is 15.5 Å². The van der Waals surface area contributed by atoms with Gasteiger partial charge < -0.3 is 4.42 Å². The van der Waals surface area contributed by atoms with Crippen LogP contribution in [0.4, 0.5) is 0 Å². The van der Waals surface area contributed by atoms with Crippen LogP contribution in [0.5, 0.6) is 0 Å². The zero-order chi connectivity index (χ0) is 26.2. The minimum atomic E-state index is 0.930. The minimum absolute atomic E-state index is 0.930. The molecule has 0 aliphatic carbocycles. The second-order valence-electron chi connectivity index (χ2n) is 10.4. The third-order valence-corrected chi connectivity index (χ3v) is 9.29. The molecule has 186 valence electrons. The normalized spacial score (nSPS) is 12.0. The fourth-order valence-electron chi connectivity index (χ4n) is 6.69. The van der Waals surface area contributed by atoms with Gasteiger partial charge in [-0.25, -0.2) is 0 Å². The molecule has 2 heteroatoms. The molecule has 0 bridgehead atoms. The standard InChI is InChI=1S/C38H22OS/c1-2-11-25-23(9-1)10-7-16-26(25)34-27-12-3-5-14-29(27)35(30-15-6-4-13-28(30)34)31-17-8-18-32-36(31)37-33(39-32)20-19-24-21-22-40-38(24)37/h1-22H. The van der Waals surface area contributed by atoms with E-state index in [0.717, 1.165) is 11.2 Å². The summed E-state index contributed by atoms with van der Waals surface area (Å²) in [6.07, 6.45) is 0. The highest BCUT2D eigenvalue weighted by molar-refractivity contribution is 7.18. The molecule has 7 aromatic carbocycles. The molecule has 9 aromatic rings. The summed E-state index contributed by atoms with van der Waals surface area (Å²) >= 11 is 1.79. The summed E-state index contributed by atoms with van der Waals surface area (Å²) in [4.78, 5) is 0. The summed E-state index contributed by atoms with van der Waals surface area (Å²) < 4.78 is 7.75. The molecular formula is C38H22OS. The van der Waals surface area contributed by atoms with Crippen LogP contribution in [-0.4, -0.2) is 0 Å². The van der Waals surface area contributed by atoms with Gasteiger partial charge in [-0.3, -0.25) is 0 Å². The summed E-state index contributed by atoms with van der Waals surface area (Å²) in [6.45, 7) is 0. The molecule has 0 atom stereocenters. The number of fused-ring (bicyclic) bond motifs is 8. The van der Waals surface area contributed by atoms with Crippen LogP contribution in [-0.2, 0) is 0 Å². The van der Waals surface area contributed by atoms with Gasteiger partial charge in [-0.05, 0) is 89.6 Å². The molecule has 40 heavy (non-hydrogen) atoms. The summed E-state index contributed by atoms with van der Waals surface area (Å²) in [6, 6.07) is 46.2. The zero-order valence-electron chi connectivity index (χ0n) is 21.5. The Morgan fingerprint density at radius 1 is 0.400 bits per heavy atom. The molecule has 0 aliphatic rings. The van der Waals surface area contributed by atoms with Crippen LogP contribution in [0.1, 0.15) is 0 Å². The van der Waals surface area contributed by atoms with E-state index in [-0.39, 0.29) is 0 Å². The van der Waals surface area contributed by atoms with Crippen LogP contribution in [0.2, 0.25) is 0 Å². The second kappa shape index (κ2) is 8.29. The van der Waals surface area contributed by atoms with Gasteiger partial charge in [-0.2, -0.15) is 0 Å². The fraction of sp³-hybridized carbons (Fsp3) is 0. The van der Waals surface area contributed by atoms with Crippen molar-refractivity contribution in [2.24, 2.45) is 0 Å². The molecule has 0 fully saturated rings. The van der Waals surface area contributed by atoms with Gasteiger partial charge in [0.1, 0.15) is 11.2 Å². The first-order chi connectivity index (χ1) is 19.9. The van der Waals surface area contributed by atoms with Crippen molar-refractivity contribution in [1.82, 2.24) is 0 Å². The third kappa shape index (κ3) is 2.97. The lowest BCUT2D eigenvalue weighted by molar-refractivity contribution is 0.669. The maximum absolute atomic E-state index is 6.46. The van der Waals surface area contributed by atoms with E-state index >= 15 is 0 Å². The SMILES string of the molecule is c1ccc2c(-c3c4ccccc4c(-c4cccc5oc6ccc7ccsc7c6c45)c4ccccc34)cccc2c1. The van der Waals surface area contributed by atoms with E-state index in [1.165, 1.54) is 75.4 Å². The molecule has 0 saturated heterocycles. The van der Waals surface area contributed by atoms with Gasteiger partial charge in [0.25, 0.3) is 0 Å². The van der Waals surface area contributed by atoms with Crippen LogP contribution in [0.25, 0.3) is 86.6 Å². The number of furan rings is 1. The smallest absolute Gasteiger partial charge is 0.136 e. The maximum Gasteiger partial charge on any atom is 0.136 e. The van der Waals surface area contributed by atoms with Crippen molar-refractivity contribution in [1.29, 1.82) is 0 Å². The predicted octanol–water partition coefficient (Wildman–Crippen LogP) is 11.6. The first-order valence-electron chi connectivity index (χ1n) is 13.6. The van der Waals surface area contributed by atoms with Gasteiger partial charge in [0.2, 0.25) is 0 Å². The third-order valence-electron chi connectivity index (χ3n) is 8.34. The Hall–Kier alpha value is -4.92. The van der Waals surface area contributed by atoms with Crippen molar-refractivity contribution in [3.63, 3.8) is 0 Å². The van der Waals surface area contributed by atoms with E-state index in [9.17, 15) is 0 Å². The molecule has 2 heterocycles. The van der Waals surface area contributed by atoms with E-state index in [2.05, 4.69) is 133 Å². The molecular weight excluding hydrogens is 504 g/mol. The Balaban J connectivity index is 1.50. The number of thiophene rings is 1. The van der Waals surface area contributed by atoms with Gasteiger partial charge in [-0.1, -0.05) is 103 Å². The van der Waals surface area contributed by atoms with Crippen molar-refractivity contribution >= 4 is 75.7 Å². The van der Waals surface area contributed by atoms with Crippen molar-refractivity contribution in [2.75, 3.05) is 0 Å². The van der Waals surface area contributed by atoms with Crippen molar-refractivity contribution < 1.29 is 4.42 Å². The largest absolute Gasteiger partial charge is 0.456 e. The summed E-state index contributed by atoms with van der Waals surface area (Å²) in [5, 5.41) is 13.4. The summed E-state index contributed by atoms with van der Waals surface area (Å²) in [5.41, 5.74) is 6.91. The predicted molar refractivity (Wildman–Crippen MR) is 172 cm³/mol. The Labute approximate surface area is 234 Å². The average Bonchev–Trinajstić information content (AvgIpc) is 3.64. The Kier molecular flexibility index (Phi) is 4.55. The van der Waals surface area contributed by atoms with Crippen molar-refractivity contribution in [2.45, 2.75) is 0 Å². The lowest BCUT2D eigenvalue weighted by atomic mass is 9.84. The van der Waals surface area contributed by atoms with Gasteiger partial charge in [0.05, 0.1) is 0 Å². The highest BCUT2D eigenvalue weighted by Crippen LogP contribution is 2.48. The van der Waals surface area contributed by atoms with E-state index in [1.807, 2.05) is 0 Å². The van der Waals surface area contributed by atoms with E-state index < -0.39 is 0 Å². The lowest BCUT2D eigenvalue weighted by Gasteiger charge is -2.19. The maximum atomic E-state index is 6.46.